The molecule has 0 spiro atoms. The Labute approximate surface area is 125 Å². The number of piperazine rings is 1. The monoisotopic (exact) mass is 290 g/mol. The van der Waals surface area contributed by atoms with Gasteiger partial charge in [-0.25, -0.2) is 4.98 Å². The van der Waals surface area contributed by atoms with Crippen molar-refractivity contribution in [2.75, 3.05) is 38.2 Å². The Hall–Kier alpha value is -1.85. The topological polar surface area (TPSA) is 58.6 Å². The van der Waals surface area contributed by atoms with Gasteiger partial charge < -0.3 is 14.5 Å². The highest BCUT2D eigenvalue weighted by Gasteiger charge is 2.31. The van der Waals surface area contributed by atoms with E-state index in [1.807, 2.05) is 17.9 Å². The molecule has 0 bridgehead atoms. The van der Waals surface area contributed by atoms with E-state index in [1.165, 1.54) is 6.42 Å². The van der Waals surface area contributed by atoms with Gasteiger partial charge in [-0.1, -0.05) is 6.42 Å². The van der Waals surface area contributed by atoms with Crippen LogP contribution in [0.15, 0.2) is 6.07 Å². The lowest BCUT2D eigenvalue weighted by atomic mass is 9.84. The van der Waals surface area contributed by atoms with E-state index in [0.29, 0.717) is 17.6 Å². The summed E-state index contributed by atoms with van der Waals surface area (Å²) in [5.74, 6) is 2.81. The minimum Gasteiger partial charge on any atom is -0.481 e. The van der Waals surface area contributed by atoms with Crippen LogP contribution < -0.4 is 9.64 Å². The normalized spacial score (nSPS) is 19.3. The first-order valence-corrected chi connectivity index (χ1v) is 7.61. The fourth-order valence-electron chi connectivity index (χ4n) is 2.86. The van der Waals surface area contributed by atoms with Crippen molar-refractivity contribution in [3.8, 4) is 5.88 Å². The van der Waals surface area contributed by atoms with Crippen LogP contribution in [0.25, 0.3) is 0 Å². The molecule has 1 aromatic rings. The summed E-state index contributed by atoms with van der Waals surface area (Å²) in [5, 5.41) is 0. The summed E-state index contributed by atoms with van der Waals surface area (Å²) < 4.78 is 5.20. The third-order valence-corrected chi connectivity index (χ3v) is 4.38. The zero-order chi connectivity index (χ0) is 14.8. The first-order chi connectivity index (χ1) is 10.2. The van der Waals surface area contributed by atoms with Gasteiger partial charge in [0.25, 0.3) is 0 Å². The number of carbonyl (C=O) groups excluding carboxylic acids is 1. The predicted molar refractivity (Wildman–Crippen MR) is 79.5 cm³/mol. The lowest BCUT2D eigenvalue weighted by Crippen LogP contribution is -2.51. The number of aryl methyl sites for hydroxylation is 1. The number of anilines is 1. The lowest BCUT2D eigenvalue weighted by molar-refractivity contribution is -0.138. The summed E-state index contributed by atoms with van der Waals surface area (Å²) >= 11 is 0. The molecule has 6 nitrogen and oxygen atoms in total. The molecule has 0 N–H and O–H groups in total. The lowest BCUT2D eigenvalue weighted by Gasteiger charge is -2.38. The molecule has 1 saturated heterocycles. The summed E-state index contributed by atoms with van der Waals surface area (Å²) in [4.78, 5) is 25.1. The van der Waals surface area contributed by atoms with E-state index in [4.69, 9.17) is 4.74 Å². The Bertz CT molecular complexity index is 522. The number of hydrogen-bond acceptors (Lipinski definition) is 5. The molecule has 0 aromatic carbocycles. The average molecular weight is 290 g/mol. The molecule has 1 aromatic heterocycles. The molecule has 21 heavy (non-hydrogen) atoms. The summed E-state index contributed by atoms with van der Waals surface area (Å²) in [7, 11) is 1.61. The second-order valence-electron chi connectivity index (χ2n) is 5.76. The van der Waals surface area contributed by atoms with Gasteiger partial charge in [-0.05, 0) is 19.8 Å². The van der Waals surface area contributed by atoms with Gasteiger partial charge in [-0.3, -0.25) is 4.79 Å². The van der Waals surface area contributed by atoms with Crippen LogP contribution in [0.1, 0.15) is 25.1 Å². The zero-order valence-corrected chi connectivity index (χ0v) is 12.7. The minimum absolute atomic E-state index is 0.290. The second kappa shape index (κ2) is 5.87. The molecule has 1 amide bonds. The largest absolute Gasteiger partial charge is 0.481 e. The molecule has 6 heteroatoms. The maximum atomic E-state index is 12.2. The number of hydrogen-bond donors (Lipinski definition) is 0. The van der Waals surface area contributed by atoms with Gasteiger partial charge in [-0.2, -0.15) is 4.98 Å². The van der Waals surface area contributed by atoms with Crippen molar-refractivity contribution in [2.45, 2.75) is 26.2 Å². The van der Waals surface area contributed by atoms with Crippen molar-refractivity contribution < 1.29 is 9.53 Å². The highest BCUT2D eigenvalue weighted by molar-refractivity contribution is 5.79. The maximum absolute atomic E-state index is 12.2. The number of carbonyl (C=O) groups is 1. The molecule has 2 fully saturated rings. The smallest absolute Gasteiger partial charge is 0.225 e. The highest BCUT2D eigenvalue weighted by Crippen LogP contribution is 2.29. The molecule has 2 aliphatic rings. The van der Waals surface area contributed by atoms with E-state index in [1.54, 1.807) is 7.11 Å². The van der Waals surface area contributed by atoms with Crippen LogP contribution in [0.5, 0.6) is 5.88 Å². The van der Waals surface area contributed by atoms with E-state index in [-0.39, 0.29) is 5.92 Å². The van der Waals surface area contributed by atoms with E-state index in [0.717, 1.165) is 44.8 Å². The zero-order valence-electron chi connectivity index (χ0n) is 12.7. The Morgan fingerprint density at radius 1 is 1.24 bits per heavy atom. The predicted octanol–water partition coefficient (Wildman–Crippen LogP) is 1.24. The van der Waals surface area contributed by atoms with Crippen LogP contribution in [0.4, 0.5) is 5.82 Å². The maximum Gasteiger partial charge on any atom is 0.225 e. The Morgan fingerprint density at radius 3 is 2.52 bits per heavy atom. The third kappa shape index (κ3) is 2.94. The standard InChI is InChI=1S/C15H22N4O2/c1-11-16-13(10-14(17-11)21-2)18-6-8-19(9-7-18)15(20)12-4-3-5-12/h10,12H,3-9H2,1-2H3. The number of amides is 1. The van der Waals surface area contributed by atoms with Crippen molar-refractivity contribution in [1.29, 1.82) is 0 Å². The number of rotatable bonds is 3. The van der Waals surface area contributed by atoms with Crippen LogP contribution in [-0.2, 0) is 4.79 Å². The molecule has 1 aliphatic heterocycles. The molecular weight excluding hydrogens is 268 g/mol. The van der Waals surface area contributed by atoms with Gasteiger partial charge in [0, 0.05) is 38.2 Å². The van der Waals surface area contributed by atoms with E-state index >= 15 is 0 Å². The van der Waals surface area contributed by atoms with Crippen molar-refractivity contribution >= 4 is 11.7 Å². The first-order valence-electron chi connectivity index (χ1n) is 7.61. The molecule has 0 radical (unpaired) electrons. The van der Waals surface area contributed by atoms with E-state index < -0.39 is 0 Å². The van der Waals surface area contributed by atoms with Gasteiger partial charge in [0.1, 0.15) is 11.6 Å². The molecule has 0 atom stereocenters. The Balaban J connectivity index is 1.62. The third-order valence-electron chi connectivity index (χ3n) is 4.38. The van der Waals surface area contributed by atoms with E-state index in [9.17, 15) is 4.79 Å². The van der Waals surface area contributed by atoms with Gasteiger partial charge in [0.2, 0.25) is 11.8 Å². The molecule has 0 unspecified atom stereocenters. The quantitative estimate of drug-likeness (QED) is 0.838. The van der Waals surface area contributed by atoms with Crippen molar-refractivity contribution in [2.24, 2.45) is 5.92 Å². The molecule has 3 rings (SSSR count). The van der Waals surface area contributed by atoms with Gasteiger partial charge >= 0.3 is 0 Å². The molecule has 2 heterocycles. The first kappa shape index (κ1) is 14.1. The van der Waals surface area contributed by atoms with Crippen LogP contribution in [-0.4, -0.2) is 54.1 Å². The summed E-state index contributed by atoms with van der Waals surface area (Å²) in [5.41, 5.74) is 0. The SMILES string of the molecule is COc1cc(N2CCN(C(=O)C3CCC3)CC2)nc(C)n1. The number of nitrogens with zero attached hydrogens (tertiary/aromatic N) is 4. The highest BCUT2D eigenvalue weighted by atomic mass is 16.5. The van der Waals surface area contributed by atoms with Crippen LogP contribution in [0, 0.1) is 12.8 Å². The molecular formula is C15H22N4O2. The molecule has 1 aliphatic carbocycles. The summed E-state index contributed by atoms with van der Waals surface area (Å²) in [6.07, 6.45) is 3.35. The van der Waals surface area contributed by atoms with Crippen molar-refractivity contribution in [3.05, 3.63) is 11.9 Å². The molecule has 114 valence electrons. The fourth-order valence-corrected chi connectivity index (χ4v) is 2.86. The second-order valence-corrected chi connectivity index (χ2v) is 5.76. The van der Waals surface area contributed by atoms with Crippen molar-refractivity contribution in [3.63, 3.8) is 0 Å². The van der Waals surface area contributed by atoms with Crippen molar-refractivity contribution in [1.82, 2.24) is 14.9 Å². The van der Waals surface area contributed by atoms with Gasteiger partial charge in [0.05, 0.1) is 7.11 Å². The number of aromatic nitrogens is 2. The van der Waals surface area contributed by atoms with Gasteiger partial charge in [0.15, 0.2) is 0 Å². The van der Waals surface area contributed by atoms with Crippen LogP contribution >= 0.6 is 0 Å². The van der Waals surface area contributed by atoms with Gasteiger partial charge in [-0.15, -0.1) is 0 Å². The minimum atomic E-state index is 0.290. The van der Waals surface area contributed by atoms with E-state index in [2.05, 4.69) is 14.9 Å². The van der Waals surface area contributed by atoms with Crippen LogP contribution in [0.3, 0.4) is 0 Å². The average Bonchev–Trinajstić information content (AvgIpc) is 2.45. The Kier molecular flexibility index (Phi) is 3.94. The summed E-state index contributed by atoms with van der Waals surface area (Å²) in [6.45, 7) is 5.06. The Morgan fingerprint density at radius 2 is 1.95 bits per heavy atom. The number of ether oxygens (including phenoxy) is 1. The fraction of sp³-hybridized carbons (Fsp3) is 0.667. The summed E-state index contributed by atoms with van der Waals surface area (Å²) in [6, 6.07) is 1.86. The number of methoxy groups -OCH3 is 1. The molecule has 1 saturated carbocycles. The van der Waals surface area contributed by atoms with Crippen LogP contribution in [0.2, 0.25) is 0 Å².